The number of amides is 3. The molecule has 0 saturated carbocycles. The minimum Gasteiger partial charge on any atom is -0.462 e. The first-order chi connectivity index (χ1) is 25.3. The second-order valence-corrected chi connectivity index (χ2v) is 15.1. The molecule has 8 nitrogen and oxygen atoms in total. The first-order valence-corrected chi connectivity index (χ1v) is 19.4. The predicted octanol–water partition coefficient (Wildman–Crippen LogP) is 9.10. The van der Waals surface area contributed by atoms with E-state index in [0.29, 0.717) is 27.7 Å². The Morgan fingerprint density at radius 2 is 1.63 bits per heavy atom. The van der Waals surface area contributed by atoms with Crippen LogP contribution in [0.2, 0.25) is 0 Å². The molecule has 0 fully saturated rings. The summed E-state index contributed by atoms with van der Waals surface area (Å²) in [7, 11) is 0. The fourth-order valence-corrected chi connectivity index (χ4v) is 8.30. The summed E-state index contributed by atoms with van der Waals surface area (Å²) in [6.45, 7) is 2.01. The van der Waals surface area contributed by atoms with Gasteiger partial charge in [-0.05, 0) is 97.3 Å². The molecule has 264 valence electrons. The van der Waals surface area contributed by atoms with Gasteiger partial charge >= 0.3 is 5.97 Å². The molecule has 52 heavy (non-hydrogen) atoms. The summed E-state index contributed by atoms with van der Waals surface area (Å²) in [5, 5.41) is 9.14. The van der Waals surface area contributed by atoms with Crippen molar-refractivity contribution in [2.75, 3.05) is 23.0 Å². The Balaban J connectivity index is 1.13. The second kappa shape index (κ2) is 17.5. The average molecular weight is 795 g/mol. The van der Waals surface area contributed by atoms with E-state index in [2.05, 4.69) is 44.0 Å². The maximum Gasteiger partial charge on any atom is 0.341 e. The molecule has 1 aliphatic carbocycles. The van der Waals surface area contributed by atoms with Gasteiger partial charge in [-0.2, -0.15) is 0 Å². The van der Waals surface area contributed by atoms with E-state index >= 15 is 0 Å². The molecule has 1 atom stereocenters. The molecule has 0 aliphatic heterocycles. The zero-order valence-corrected chi connectivity index (χ0v) is 31.5. The molecule has 11 heteroatoms. The third-order valence-corrected chi connectivity index (χ3v) is 11.1. The van der Waals surface area contributed by atoms with E-state index in [1.54, 1.807) is 55.5 Å². The molecule has 5 aromatic rings. The van der Waals surface area contributed by atoms with Crippen LogP contribution in [0.4, 0.5) is 10.7 Å². The smallest absolute Gasteiger partial charge is 0.341 e. The zero-order chi connectivity index (χ0) is 36.5. The number of rotatable bonds is 12. The van der Waals surface area contributed by atoms with Gasteiger partial charge in [-0.1, -0.05) is 82.7 Å². The molecule has 6 rings (SSSR count). The normalized spacial score (nSPS) is 13.8. The summed E-state index contributed by atoms with van der Waals surface area (Å²) in [5.41, 5.74) is 4.41. The van der Waals surface area contributed by atoms with Gasteiger partial charge in [0.15, 0.2) is 0 Å². The molecule has 0 radical (unpaired) electrons. The van der Waals surface area contributed by atoms with Gasteiger partial charge in [0.2, 0.25) is 5.91 Å². The minimum absolute atomic E-state index is 0.0692. The molecule has 0 spiro atoms. The zero-order valence-electron chi connectivity index (χ0n) is 28.3. The van der Waals surface area contributed by atoms with Crippen LogP contribution in [0.1, 0.15) is 61.5 Å². The van der Waals surface area contributed by atoms with E-state index in [0.717, 1.165) is 44.6 Å². The van der Waals surface area contributed by atoms with Crippen LogP contribution in [0, 0.1) is 0 Å². The van der Waals surface area contributed by atoms with E-state index in [1.807, 2.05) is 54.6 Å². The fourth-order valence-electron chi connectivity index (χ4n) is 5.94. The van der Waals surface area contributed by atoms with Gasteiger partial charge in [0, 0.05) is 25.5 Å². The Labute approximate surface area is 319 Å². The fraction of sp³-hybridized carbons (Fsp3) is 0.171. The second-order valence-electron chi connectivity index (χ2n) is 12.0. The number of hydrogen-bond acceptors (Lipinski definition) is 7. The standard InChI is InChI=1S/C41H36BrN3O5S2/c1-2-50-41(49)37-33-21-18-29(27-10-5-3-6-11-27)23-35(33)52-40(37)45-36(46)25-51-32-15-9-14-31(24-32)43-39(48)34(22-26-16-19-30(42)20-17-26)44-38(47)28-12-7-4-8-13-28/h3-17,19-20,22,24,29H,2,18,21,23,25H2,1H3,(H,43,48)(H,44,47)(H,45,46)/b34-22-. The highest BCUT2D eigenvalue weighted by atomic mass is 79.9. The van der Waals surface area contributed by atoms with Crippen molar-refractivity contribution in [1.29, 1.82) is 0 Å². The first-order valence-electron chi connectivity index (χ1n) is 16.8. The maximum absolute atomic E-state index is 13.5. The largest absolute Gasteiger partial charge is 0.462 e. The molecular weight excluding hydrogens is 759 g/mol. The monoisotopic (exact) mass is 793 g/mol. The lowest BCUT2D eigenvalue weighted by atomic mass is 9.83. The highest BCUT2D eigenvalue weighted by molar-refractivity contribution is 9.10. The van der Waals surface area contributed by atoms with Crippen LogP contribution < -0.4 is 16.0 Å². The lowest BCUT2D eigenvalue weighted by Crippen LogP contribution is -2.30. The van der Waals surface area contributed by atoms with Crippen LogP contribution >= 0.6 is 39.0 Å². The minimum atomic E-state index is -0.505. The van der Waals surface area contributed by atoms with Gasteiger partial charge < -0.3 is 20.7 Å². The number of carbonyl (C=O) groups excluding carboxylic acids is 4. The number of fused-ring (bicyclic) bond motifs is 1. The summed E-state index contributed by atoms with van der Waals surface area (Å²) in [4.78, 5) is 54.8. The van der Waals surface area contributed by atoms with E-state index in [1.165, 1.54) is 28.7 Å². The number of anilines is 2. The molecule has 1 heterocycles. The number of ether oxygens (including phenoxy) is 1. The van der Waals surface area contributed by atoms with Crippen molar-refractivity contribution < 1.29 is 23.9 Å². The highest BCUT2D eigenvalue weighted by Crippen LogP contribution is 2.43. The average Bonchev–Trinajstić information content (AvgIpc) is 3.52. The summed E-state index contributed by atoms with van der Waals surface area (Å²) in [5.74, 6) is -1.17. The van der Waals surface area contributed by atoms with Crippen LogP contribution in [-0.4, -0.2) is 36.1 Å². The van der Waals surface area contributed by atoms with Gasteiger partial charge in [0.25, 0.3) is 11.8 Å². The van der Waals surface area contributed by atoms with Crippen LogP contribution in [0.25, 0.3) is 6.08 Å². The van der Waals surface area contributed by atoms with Crippen molar-refractivity contribution in [3.8, 4) is 0 Å². The van der Waals surface area contributed by atoms with E-state index in [4.69, 9.17) is 4.74 Å². The summed E-state index contributed by atoms with van der Waals surface area (Å²) in [6, 6.07) is 33.5. The van der Waals surface area contributed by atoms with Crippen LogP contribution in [0.5, 0.6) is 0 Å². The maximum atomic E-state index is 13.5. The SMILES string of the molecule is CCOC(=O)c1c(NC(=O)CSc2cccc(NC(=O)/C(=C/c3ccc(Br)cc3)NC(=O)c3ccccc3)c2)sc2c1CCC(c1ccccc1)C2. The number of thiophene rings is 1. The number of esters is 1. The molecule has 0 bridgehead atoms. The van der Waals surface area contributed by atoms with Crippen LogP contribution in [0.15, 0.2) is 124 Å². The number of carbonyl (C=O) groups is 4. The Kier molecular flexibility index (Phi) is 12.4. The lowest BCUT2D eigenvalue weighted by molar-refractivity contribution is -0.114. The van der Waals surface area contributed by atoms with Crippen molar-refractivity contribution in [3.63, 3.8) is 0 Å². The van der Waals surface area contributed by atoms with Crippen molar-refractivity contribution in [2.45, 2.75) is 37.0 Å². The van der Waals surface area contributed by atoms with Crippen molar-refractivity contribution in [2.24, 2.45) is 0 Å². The number of nitrogens with one attached hydrogen (secondary N) is 3. The molecule has 1 aromatic heterocycles. The Morgan fingerprint density at radius 1 is 0.904 bits per heavy atom. The number of halogens is 1. The molecule has 3 amide bonds. The third-order valence-electron chi connectivity index (χ3n) is 8.44. The van der Waals surface area contributed by atoms with Gasteiger partial charge in [-0.3, -0.25) is 14.4 Å². The molecule has 4 aromatic carbocycles. The summed E-state index contributed by atoms with van der Waals surface area (Å²) in [6.07, 6.45) is 4.06. The quantitative estimate of drug-likeness (QED) is 0.0660. The number of benzene rings is 4. The summed E-state index contributed by atoms with van der Waals surface area (Å²) >= 11 is 6.18. The molecular formula is C41H36BrN3O5S2. The van der Waals surface area contributed by atoms with E-state index in [-0.39, 0.29) is 24.0 Å². The predicted molar refractivity (Wildman–Crippen MR) is 212 cm³/mol. The van der Waals surface area contributed by atoms with Crippen LogP contribution in [0.3, 0.4) is 0 Å². The van der Waals surface area contributed by atoms with Gasteiger partial charge in [-0.15, -0.1) is 23.1 Å². The lowest BCUT2D eigenvalue weighted by Gasteiger charge is -2.23. The van der Waals surface area contributed by atoms with Crippen molar-refractivity contribution >= 4 is 79.5 Å². The Bertz CT molecular complexity index is 2100. The molecule has 1 unspecified atom stereocenters. The molecule has 1 aliphatic rings. The van der Waals surface area contributed by atoms with Gasteiger partial charge in [0.1, 0.15) is 10.7 Å². The van der Waals surface area contributed by atoms with Gasteiger partial charge in [-0.25, -0.2) is 4.79 Å². The topological polar surface area (TPSA) is 114 Å². The highest BCUT2D eigenvalue weighted by Gasteiger charge is 2.31. The van der Waals surface area contributed by atoms with Crippen molar-refractivity contribution in [3.05, 3.63) is 152 Å². The van der Waals surface area contributed by atoms with Gasteiger partial charge in [0.05, 0.1) is 17.9 Å². The number of thioether (sulfide) groups is 1. The Hall–Kier alpha value is -4.97. The Morgan fingerprint density at radius 3 is 2.37 bits per heavy atom. The number of hydrogen-bond donors (Lipinski definition) is 3. The van der Waals surface area contributed by atoms with E-state index < -0.39 is 17.8 Å². The van der Waals surface area contributed by atoms with E-state index in [9.17, 15) is 19.2 Å². The van der Waals surface area contributed by atoms with Crippen molar-refractivity contribution in [1.82, 2.24) is 5.32 Å². The first kappa shape index (κ1) is 36.8. The molecule has 0 saturated heterocycles. The summed E-state index contributed by atoms with van der Waals surface area (Å²) < 4.78 is 6.29. The third kappa shape index (κ3) is 9.47. The molecule has 3 N–H and O–H groups in total. The van der Waals surface area contributed by atoms with Crippen LogP contribution in [-0.2, 0) is 27.2 Å².